The largest absolute Gasteiger partial charge is 0.380 e. The highest BCUT2D eigenvalue weighted by Crippen LogP contribution is 2.35. The van der Waals surface area contributed by atoms with Gasteiger partial charge in [0.05, 0.1) is 19.8 Å². The van der Waals surface area contributed by atoms with Gasteiger partial charge in [-0.05, 0) is 30.7 Å². The third-order valence-electron chi connectivity index (χ3n) is 5.63. The van der Waals surface area contributed by atoms with Crippen LogP contribution in [-0.4, -0.2) is 50.3 Å². The van der Waals surface area contributed by atoms with Crippen molar-refractivity contribution in [3.63, 3.8) is 0 Å². The summed E-state index contributed by atoms with van der Waals surface area (Å²) in [4.78, 5) is 7.42. The van der Waals surface area contributed by atoms with Crippen LogP contribution in [0.2, 0.25) is 0 Å². The zero-order chi connectivity index (χ0) is 17.7. The summed E-state index contributed by atoms with van der Waals surface area (Å²) in [6.45, 7) is 12.3. The van der Waals surface area contributed by atoms with Crippen LogP contribution in [0.15, 0.2) is 35.3 Å². The molecule has 4 heteroatoms. The number of benzene rings is 1. The molecule has 0 saturated carbocycles. The Balaban J connectivity index is 1.68. The first-order valence-corrected chi connectivity index (χ1v) is 9.81. The topological polar surface area (TPSA) is 36.9 Å². The molecular formula is C21H33N3O. The molecule has 2 aliphatic heterocycles. The van der Waals surface area contributed by atoms with Crippen molar-refractivity contribution in [2.75, 3.05) is 39.4 Å². The molecule has 3 rings (SSSR count). The normalized spacial score (nSPS) is 26.2. The van der Waals surface area contributed by atoms with E-state index >= 15 is 0 Å². The maximum absolute atomic E-state index is 5.37. The van der Waals surface area contributed by atoms with Crippen molar-refractivity contribution >= 4 is 5.96 Å². The summed E-state index contributed by atoms with van der Waals surface area (Å²) in [6, 6.07) is 11.0. The maximum Gasteiger partial charge on any atom is 0.193 e. The van der Waals surface area contributed by atoms with Gasteiger partial charge in [-0.2, -0.15) is 0 Å². The van der Waals surface area contributed by atoms with E-state index < -0.39 is 0 Å². The van der Waals surface area contributed by atoms with Crippen molar-refractivity contribution in [3.05, 3.63) is 35.9 Å². The Bertz CT molecular complexity index is 568. The van der Waals surface area contributed by atoms with E-state index in [1.165, 1.54) is 18.4 Å². The number of ether oxygens (including phenoxy) is 1. The molecular weight excluding hydrogens is 310 g/mol. The predicted molar refractivity (Wildman–Crippen MR) is 104 cm³/mol. The van der Waals surface area contributed by atoms with Gasteiger partial charge in [0.1, 0.15) is 0 Å². The fraction of sp³-hybridized carbons (Fsp3) is 0.667. The van der Waals surface area contributed by atoms with E-state index in [0.717, 1.165) is 45.4 Å². The fourth-order valence-electron chi connectivity index (χ4n) is 4.01. The molecule has 0 aliphatic carbocycles. The highest BCUT2D eigenvalue weighted by molar-refractivity contribution is 5.80. The van der Waals surface area contributed by atoms with Crippen LogP contribution in [0.5, 0.6) is 0 Å². The van der Waals surface area contributed by atoms with Crippen LogP contribution >= 0.6 is 0 Å². The average molecular weight is 344 g/mol. The number of hydrogen-bond donors (Lipinski definition) is 1. The van der Waals surface area contributed by atoms with E-state index in [1.807, 2.05) is 0 Å². The Hall–Kier alpha value is -1.55. The van der Waals surface area contributed by atoms with E-state index in [0.29, 0.717) is 11.8 Å². The Labute approximate surface area is 152 Å². The van der Waals surface area contributed by atoms with Gasteiger partial charge in [0.2, 0.25) is 0 Å². The number of aliphatic imine (C=N–C) groups is 1. The van der Waals surface area contributed by atoms with Crippen LogP contribution in [0.1, 0.15) is 45.1 Å². The van der Waals surface area contributed by atoms with E-state index in [9.17, 15) is 0 Å². The number of nitrogens with one attached hydrogen (secondary N) is 1. The zero-order valence-electron chi connectivity index (χ0n) is 16.0. The molecule has 2 saturated heterocycles. The standard InChI is InChI=1S/C21H33N3O/c1-4-17-13-24(12-11-19(17)18-9-7-6-8-10-18)20(22-5-2)23-14-21(3)15-25-16-21/h6-10,17,19H,4-5,11-16H2,1-3H3,(H,22,23). The molecule has 0 spiro atoms. The Morgan fingerprint density at radius 3 is 2.64 bits per heavy atom. The number of rotatable bonds is 5. The predicted octanol–water partition coefficient (Wildman–Crippen LogP) is 3.50. The number of guanidine groups is 1. The van der Waals surface area contributed by atoms with Gasteiger partial charge in [0.25, 0.3) is 0 Å². The van der Waals surface area contributed by atoms with Gasteiger partial charge >= 0.3 is 0 Å². The second kappa shape index (κ2) is 8.22. The van der Waals surface area contributed by atoms with Gasteiger partial charge in [-0.3, -0.25) is 4.99 Å². The number of hydrogen-bond acceptors (Lipinski definition) is 2. The van der Waals surface area contributed by atoms with E-state index in [4.69, 9.17) is 9.73 Å². The van der Waals surface area contributed by atoms with Crippen LogP contribution in [-0.2, 0) is 4.74 Å². The molecule has 4 nitrogen and oxygen atoms in total. The van der Waals surface area contributed by atoms with Crippen molar-refractivity contribution in [1.82, 2.24) is 10.2 Å². The van der Waals surface area contributed by atoms with E-state index in [-0.39, 0.29) is 5.41 Å². The molecule has 0 bridgehead atoms. The minimum Gasteiger partial charge on any atom is -0.380 e. The van der Waals surface area contributed by atoms with Gasteiger partial charge in [0.15, 0.2) is 5.96 Å². The summed E-state index contributed by atoms with van der Waals surface area (Å²) >= 11 is 0. The monoisotopic (exact) mass is 343 g/mol. The van der Waals surface area contributed by atoms with Crippen LogP contribution in [0, 0.1) is 11.3 Å². The molecule has 2 aliphatic rings. The number of likely N-dealkylation sites (tertiary alicyclic amines) is 1. The van der Waals surface area contributed by atoms with Gasteiger partial charge in [-0.1, -0.05) is 50.6 Å². The van der Waals surface area contributed by atoms with Crippen molar-refractivity contribution in [2.45, 2.75) is 39.5 Å². The second-order valence-electron chi connectivity index (χ2n) is 7.89. The van der Waals surface area contributed by atoms with Crippen molar-refractivity contribution in [3.8, 4) is 0 Å². The van der Waals surface area contributed by atoms with Crippen LogP contribution in [0.4, 0.5) is 0 Å². The van der Waals surface area contributed by atoms with Crippen molar-refractivity contribution < 1.29 is 4.74 Å². The first-order chi connectivity index (χ1) is 12.1. The SMILES string of the molecule is CCNC(=NCC1(C)COC1)N1CCC(c2ccccc2)C(CC)C1. The van der Waals surface area contributed by atoms with Crippen LogP contribution in [0.3, 0.4) is 0 Å². The highest BCUT2D eigenvalue weighted by atomic mass is 16.5. The Kier molecular flexibility index (Phi) is 6.00. The van der Waals surface area contributed by atoms with Gasteiger partial charge in [0, 0.05) is 25.0 Å². The summed E-state index contributed by atoms with van der Waals surface area (Å²) in [5.74, 6) is 2.44. The van der Waals surface area contributed by atoms with Crippen LogP contribution < -0.4 is 5.32 Å². The minimum atomic E-state index is 0.229. The van der Waals surface area contributed by atoms with Crippen LogP contribution in [0.25, 0.3) is 0 Å². The fourth-order valence-corrected chi connectivity index (χ4v) is 4.01. The third kappa shape index (κ3) is 4.35. The molecule has 138 valence electrons. The summed E-state index contributed by atoms with van der Waals surface area (Å²) in [5, 5.41) is 3.51. The molecule has 1 N–H and O–H groups in total. The van der Waals surface area contributed by atoms with Gasteiger partial charge in [-0.15, -0.1) is 0 Å². The Morgan fingerprint density at radius 1 is 1.28 bits per heavy atom. The van der Waals surface area contributed by atoms with Crippen molar-refractivity contribution in [1.29, 1.82) is 0 Å². The molecule has 25 heavy (non-hydrogen) atoms. The molecule has 2 heterocycles. The molecule has 1 aromatic rings. The summed E-state index contributed by atoms with van der Waals surface area (Å²) in [7, 11) is 0. The molecule has 2 unspecified atom stereocenters. The highest BCUT2D eigenvalue weighted by Gasteiger charge is 2.34. The Morgan fingerprint density at radius 2 is 2.04 bits per heavy atom. The first kappa shape index (κ1) is 18.2. The number of nitrogens with zero attached hydrogens (tertiary/aromatic N) is 2. The van der Waals surface area contributed by atoms with Crippen molar-refractivity contribution in [2.24, 2.45) is 16.3 Å². The van der Waals surface area contributed by atoms with Gasteiger partial charge in [-0.25, -0.2) is 0 Å². The zero-order valence-corrected chi connectivity index (χ0v) is 16.0. The molecule has 0 aromatic heterocycles. The summed E-state index contributed by atoms with van der Waals surface area (Å²) < 4.78 is 5.37. The lowest BCUT2D eigenvalue weighted by atomic mass is 9.79. The lowest BCUT2D eigenvalue weighted by Gasteiger charge is -2.41. The summed E-state index contributed by atoms with van der Waals surface area (Å²) in [6.07, 6.45) is 2.41. The minimum absolute atomic E-state index is 0.229. The smallest absolute Gasteiger partial charge is 0.193 e. The molecule has 1 aromatic carbocycles. The van der Waals surface area contributed by atoms with Gasteiger partial charge < -0.3 is 15.0 Å². The first-order valence-electron chi connectivity index (χ1n) is 9.81. The molecule has 2 fully saturated rings. The second-order valence-corrected chi connectivity index (χ2v) is 7.89. The number of piperidine rings is 1. The molecule has 0 radical (unpaired) electrons. The molecule has 2 atom stereocenters. The molecule has 0 amide bonds. The lowest BCUT2D eigenvalue weighted by Crippen LogP contribution is -2.49. The van der Waals surface area contributed by atoms with E-state index in [2.05, 4.69) is 61.3 Å². The van der Waals surface area contributed by atoms with E-state index in [1.54, 1.807) is 0 Å². The lowest BCUT2D eigenvalue weighted by molar-refractivity contribution is -0.0946. The third-order valence-corrected chi connectivity index (χ3v) is 5.63. The maximum atomic E-state index is 5.37. The quantitative estimate of drug-likeness (QED) is 0.657. The average Bonchev–Trinajstić information content (AvgIpc) is 2.63. The summed E-state index contributed by atoms with van der Waals surface area (Å²) in [5.41, 5.74) is 1.72.